The van der Waals surface area contributed by atoms with E-state index >= 15 is 0 Å². The van der Waals surface area contributed by atoms with E-state index in [0.717, 1.165) is 67.5 Å². The molecule has 0 radical (unpaired) electrons. The Balaban J connectivity index is 1.43. The average Bonchev–Trinajstić information content (AvgIpc) is 2.81. The summed E-state index contributed by atoms with van der Waals surface area (Å²) in [5.41, 5.74) is 3.97. The summed E-state index contributed by atoms with van der Waals surface area (Å²) < 4.78 is 16.0. The van der Waals surface area contributed by atoms with Crippen LogP contribution in [0.25, 0.3) is 5.57 Å². The number of piperidine rings is 1. The fourth-order valence-corrected chi connectivity index (χ4v) is 5.82. The van der Waals surface area contributed by atoms with Crippen molar-refractivity contribution in [1.29, 1.82) is 5.26 Å². The molecule has 2 fully saturated rings. The van der Waals surface area contributed by atoms with Gasteiger partial charge in [-0.15, -0.1) is 0 Å². The monoisotopic (exact) mass is 482 g/mol. The maximum absolute atomic E-state index is 13.8. The molecule has 0 N–H and O–H groups in total. The van der Waals surface area contributed by atoms with Crippen molar-refractivity contribution in [3.05, 3.63) is 65.2 Å². The summed E-state index contributed by atoms with van der Waals surface area (Å²) in [4.78, 5) is 7.20. The maximum atomic E-state index is 13.8. The Bertz CT molecular complexity index is 1010. The first-order chi connectivity index (χ1) is 16.0. The molecule has 0 bridgehead atoms. The number of anilines is 1. The predicted molar refractivity (Wildman–Crippen MR) is 138 cm³/mol. The van der Waals surface area contributed by atoms with Crippen molar-refractivity contribution in [3.63, 3.8) is 0 Å². The van der Waals surface area contributed by atoms with E-state index in [9.17, 15) is 4.39 Å². The number of halogens is 2. The number of pyridine rings is 1. The number of aromatic nitrogens is 1. The first-order valence-corrected chi connectivity index (χ1v) is 12.8. The molecule has 4 nitrogen and oxygen atoms in total. The summed E-state index contributed by atoms with van der Waals surface area (Å²) in [6, 6.07) is 9.60. The van der Waals surface area contributed by atoms with Crippen LogP contribution < -0.4 is 4.31 Å². The number of allylic oxidation sites excluding steroid dienone is 1. The van der Waals surface area contributed by atoms with E-state index in [1.54, 1.807) is 24.1 Å². The molecule has 0 aliphatic carbocycles. The van der Waals surface area contributed by atoms with Crippen molar-refractivity contribution >= 4 is 41.5 Å². The number of hydrogen-bond donors (Lipinski definition) is 0. The summed E-state index contributed by atoms with van der Waals surface area (Å²) in [6.45, 7) is 9.15. The number of nitrogens with zero attached hydrogens (tertiary/aromatic N) is 4. The number of benzene rings is 1. The molecule has 0 saturated carbocycles. The molecule has 172 valence electrons. The Labute approximate surface area is 206 Å². The molecule has 33 heavy (non-hydrogen) atoms. The lowest BCUT2D eigenvalue weighted by molar-refractivity contribution is 0.176. The Hall–Kier alpha value is -2.01. The molecule has 2 saturated heterocycles. The Morgan fingerprint density at radius 2 is 2.09 bits per heavy atom. The molecule has 3 heterocycles. The lowest BCUT2D eigenvalue weighted by Gasteiger charge is -2.43. The van der Waals surface area contributed by atoms with Crippen molar-refractivity contribution < 1.29 is 4.39 Å². The number of likely N-dealkylation sites (tertiary alicyclic amines) is 1. The van der Waals surface area contributed by atoms with Crippen molar-refractivity contribution in [2.75, 3.05) is 17.4 Å². The van der Waals surface area contributed by atoms with Crippen LogP contribution in [-0.2, 0) is 6.54 Å². The molecule has 4 rings (SSSR count). The van der Waals surface area contributed by atoms with Crippen LogP contribution in [0.15, 0.2) is 43.1 Å². The average molecular weight is 483 g/mol. The van der Waals surface area contributed by atoms with Gasteiger partial charge in [-0.3, -0.25) is 4.98 Å². The molecule has 0 atom stereocenters. The van der Waals surface area contributed by atoms with E-state index in [1.165, 1.54) is 6.07 Å². The third-order valence-electron chi connectivity index (χ3n) is 6.72. The van der Waals surface area contributed by atoms with Gasteiger partial charge in [0.15, 0.2) is 0 Å². The Morgan fingerprint density at radius 1 is 1.33 bits per heavy atom. The van der Waals surface area contributed by atoms with Crippen molar-refractivity contribution in [3.8, 4) is 5.97 Å². The van der Waals surface area contributed by atoms with Gasteiger partial charge in [-0.2, -0.15) is 0 Å². The van der Waals surface area contributed by atoms with Crippen molar-refractivity contribution in [2.45, 2.75) is 56.7 Å². The van der Waals surface area contributed by atoms with Crippen molar-refractivity contribution in [1.82, 2.24) is 9.88 Å². The summed E-state index contributed by atoms with van der Waals surface area (Å²) in [5.74, 6) is 1.98. The van der Waals surface area contributed by atoms with Crippen LogP contribution in [0, 0.1) is 17.0 Å². The van der Waals surface area contributed by atoms with E-state index in [-0.39, 0.29) is 11.7 Å². The van der Waals surface area contributed by atoms with Gasteiger partial charge in [-0.05, 0) is 98.4 Å². The zero-order valence-electron chi connectivity index (χ0n) is 19.0. The molecule has 8 heteroatoms. The highest BCUT2D eigenvalue weighted by Gasteiger charge is 2.38. The van der Waals surface area contributed by atoms with E-state index in [2.05, 4.69) is 39.7 Å². The van der Waals surface area contributed by atoms with Crippen LogP contribution >= 0.6 is 23.5 Å². The minimum atomic E-state index is -0.407. The topological polar surface area (TPSA) is 43.2 Å². The normalized spacial score (nSPS) is 17.5. The smallest absolute Gasteiger partial charge is 0.270 e. The van der Waals surface area contributed by atoms with E-state index in [0.29, 0.717) is 17.8 Å². The Kier molecular flexibility index (Phi) is 8.00. The molecule has 0 unspecified atom stereocenters. The molecule has 2 aliphatic rings. The van der Waals surface area contributed by atoms with E-state index < -0.39 is 5.82 Å². The highest BCUT2D eigenvalue weighted by atomic mass is 35.5. The van der Waals surface area contributed by atoms with Crippen LogP contribution in [0.4, 0.5) is 10.1 Å². The molecule has 0 amide bonds. The fourth-order valence-electron chi connectivity index (χ4n) is 4.43. The van der Waals surface area contributed by atoms with E-state index in [1.807, 2.05) is 12.3 Å². The van der Waals surface area contributed by atoms with Gasteiger partial charge in [0.2, 0.25) is 0 Å². The van der Waals surface area contributed by atoms with Crippen molar-refractivity contribution in [2.24, 2.45) is 0 Å². The lowest BCUT2D eigenvalue weighted by Crippen LogP contribution is -2.51. The number of hydrogen-bond acceptors (Lipinski definition) is 5. The second-order valence-electron chi connectivity index (χ2n) is 8.92. The first kappa shape index (κ1) is 24.1. The lowest BCUT2D eigenvalue weighted by atomic mass is 9.34. The quantitative estimate of drug-likeness (QED) is 0.324. The second kappa shape index (κ2) is 10.9. The van der Waals surface area contributed by atoms with Crippen LogP contribution in [-0.4, -0.2) is 41.0 Å². The molecular weight excluding hydrogens is 454 g/mol. The van der Waals surface area contributed by atoms with Gasteiger partial charge in [0.05, 0.1) is 17.3 Å². The third-order valence-corrected chi connectivity index (χ3v) is 8.38. The van der Waals surface area contributed by atoms with Gasteiger partial charge in [0, 0.05) is 23.1 Å². The SMILES string of the molecule is C=C(CC)c1ccc(CN(SC2CCN(C3CB(C#N)C3)CC2)c2ccc(F)c(Cl)c2)nc1. The second-order valence-corrected chi connectivity index (χ2v) is 10.6. The van der Waals surface area contributed by atoms with Gasteiger partial charge in [-0.1, -0.05) is 31.2 Å². The summed E-state index contributed by atoms with van der Waals surface area (Å²) >= 11 is 7.91. The molecule has 1 aromatic carbocycles. The molecule has 1 aromatic heterocycles. The van der Waals surface area contributed by atoms with Crippen LogP contribution in [0.3, 0.4) is 0 Å². The summed E-state index contributed by atoms with van der Waals surface area (Å²) in [6.07, 6.45) is 6.99. The minimum absolute atomic E-state index is 0.132. The molecule has 0 spiro atoms. The highest BCUT2D eigenvalue weighted by molar-refractivity contribution is 8.01. The third kappa shape index (κ3) is 5.92. The zero-order chi connectivity index (χ0) is 23.4. The minimum Gasteiger partial charge on any atom is -0.310 e. The molecular formula is C25H29BClFN4S. The Morgan fingerprint density at radius 3 is 2.70 bits per heavy atom. The molecule has 2 aliphatic heterocycles. The summed E-state index contributed by atoms with van der Waals surface area (Å²) in [5, 5.41) is 9.65. The van der Waals surface area contributed by atoms with Gasteiger partial charge >= 0.3 is 0 Å². The van der Waals surface area contributed by atoms with Gasteiger partial charge in [0.1, 0.15) is 5.82 Å². The van der Waals surface area contributed by atoms with E-state index in [4.69, 9.17) is 16.9 Å². The van der Waals surface area contributed by atoms with Gasteiger partial charge < -0.3 is 9.21 Å². The summed E-state index contributed by atoms with van der Waals surface area (Å²) in [7, 11) is 0. The molecule has 2 aromatic rings. The first-order valence-electron chi connectivity index (χ1n) is 11.6. The number of nitriles is 1. The highest BCUT2D eigenvalue weighted by Crippen LogP contribution is 2.36. The largest absolute Gasteiger partial charge is 0.310 e. The van der Waals surface area contributed by atoms with Crippen LogP contribution in [0.5, 0.6) is 0 Å². The predicted octanol–water partition coefficient (Wildman–Crippen LogP) is 6.36. The zero-order valence-corrected chi connectivity index (χ0v) is 20.6. The van der Waals surface area contributed by atoms with Gasteiger partial charge in [0.25, 0.3) is 6.71 Å². The van der Waals surface area contributed by atoms with Crippen LogP contribution in [0.2, 0.25) is 17.7 Å². The van der Waals surface area contributed by atoms with Crippen LogP contribution in [0.1, 0.15) is 37.4 Å². The maximum Gasteiger partial charge on any atom is 0.270 e. The van der Waals surface area contributed by atoms with Gasteiger partial charge in [-0.25, -0.2) is 9.65 Å². The fraction of sp³-hybridized carbons (Fsp3) is 0.440. The standard InChI is InChI=1S/C25H29BClFN4S/c1-3-18(2)19-4-5-20(30-15-19)16-32(21-6-7-25(28)24(27)12-21)33-23-8-10-31(11-9-23)22-13-26(14-22)17-29/h4-7,12,15,22-23H,2-3,8-11,13-14,16H2,1H3. The number of rotatable bonds is 8.